The summed E-state index contributed by atoms with van der Waals surface area (Å²) in [5.74, 6) is 3.51. The Hall–Kier alpha value is -2.61. The summed E-state index contributed by atoms with van der Waals surface area (Å²) in [5, 5.41) is 2.46. The number of aromatic nitrogens is 2. The first-order valence-corrected chi connectivity index (χ1v) is 5.61. The summed E-state index contributed by atoms with van der Waals surface area (Å²) in [5.41, 5.74) is 2.51. The van der Waals surface area contributed by atoms with Crippen LogP contribution in [0.15, 0.2) is 30.6 Å². The highest BCUT2D eigenvalue weighted by Gasteiger charge is 2.09. The molecule has 1 amide bonds. The zero-order valence-electron chi connectivity index (χ0n) is 10.2. The van der Waals surface area contributed by atoms with E-state index < -0.39 is 17.5 Å². The van der Waals surface area contributed by atoms with E-state index in [2.05, 4.69) is 20.7 Å². The lowest BCUT2D eigenvalue weighted by molar-refractivity contribution is 0.0945. The number of nitrogens with zero attached hydrogens (tertiary/aromatic N) is 2. The molecule has 2 aromatic rings. The minimum Gasteiger partial charge on any atom is -0.346 e. The van der Waals surface area contributed by atoms with Crippen molar-refractivity contribution in [3.8, 4) is 0 Å². The molecule has 0 fully saturated rings. The summed E-state index contributed by atoms with van der Waals surface area (Å²) in [6.45, 7) is -0.0798. The molecule has 6 nitrogen and oxygen atoms in total. The average Bonchev–Trinajstić information content (AvgIpc) is 2.46. The van der Waals surface area contributed by atoms with Crippen molar-refractivity contribution >= 4 is 11.7 Å². The van der Waals surface area contributed by atoms with Gasteiger partial charge in [-0.1, -0.05) is 6.07 Å². The largest absolute Gasteiger partial charge is 0.346 e. The number of amides is 1. The molecule has 0 spiro atoms. The highest BCUT2D eigenvalue weighted by molar-refractivity contribution is 5.91. The summed E-state index contributed by atoms with van der Waals surface area (Å²) in [7, 11) is 0. The molecule has 0 bridgehead atoms. The molecule has 1 heterocycles. The number of hydrogen-bond donors (Lipinski definition) is 3. The predicted octanol–water partition coefficient (Wildman–Crippen LogP) is 0.970. The van der Waals surface area contributed by atoms with Gasteiger partial charge in [0, 0.05) is 18.2 Å². The molecule has 4 N–H and O–H groups in total. The zero-order chi connectivity index (χ0) is 14.5. The van der Waals surface area contributed by atoms with Crippen LogP contribution in [-0.2, 0) is 6.54 Å². The lowest BCUT2D eigenvalue weighted by atomic mass is 10.2. The first-order valence-electron chi connectivity index (χ1n) is 5.61. The number of benzene rings is 1. The van der Waals surface area contributed by atoms with Crippen LogP contribution in [0.4, 0.5) is 14.6 Å². The van der Waals surface area contributed by atoms with Crippen molar-refractivity contribution in [1.82, 2.24) is 15.3 Å². The highest BCUT2D eigenvalue weighted by Crippen LogP contribution is 2.09. The second-order valence-corrected chi connectivity index (χ2v) is 3.85. The van der Waals surface area contributed by atoms with Crippen molar-refractivity contribution in [2.45, 2.75) is 6.54 Å². The standard InChI is InChI=1S/C12H11F2N5O/c13-8-2-1-7(9(14)3-8)4-18-12(20)10-5-17-11(19-15)6-16-10/h1-3,5-6H,4,15H2,(H,17,19)(H,18,20). The van der Waals surface area contributed by atoms with E-state index in [1.165, 1.54) is 18.5 Å². The van der Waals surface area contributed by atoms with Crippen molar-refractivity contribution in [1.29, 1.82) is 0 Å². The molecule has 20 heavy (non-hydrogen) atoms. The van der Waals surface area contributed by atoms with Crippen LogP contribution >= 0.6 is 0 Å². The van der Waals surface area contributed by atoms with Gasteiger partial charge in [-0.2, -0.15) is 0 Å². The Morgan fingerprint density at radius 1 is 1.25 bits per heavy atom. The topological polar surface area (TPSA) is 92.9 Å². The second kappa shape index (κ2) is 6.02. The van der Waals surface area contributed by atoms with Gasteiger partial charge in [-0.3, -0.25) is 4.79 Å². The summed E-state index contributed by atoms with van der Waals surface area (Å²) in [6, 6.07) is 3.13. The van der Waals surface area contributed by atoms with Gasteiger partial charge in [0.1, 0.15) is 17.3 Å². The Kier molecular flexibility index (Phi) is 4.16. The van der Waals surface area contributed by atoms with Crippen LogP contribution in [0.1, 0.15) is 16.1 Å². The van der Waals surface area contributed by atoms with Gasteiger partial charge >= 0.3 is 0 Å². The Bertz CT molecular complexity index is 618. The van der Waals surface area contributed by atoms with Crippen LogP contribution in [0.25, 0.3) is 0 Å². The van der Waals surface area contributed by atoms with Crippen LogP contribution in [0.3, 0.4) is 0 Å². The van der Waals surface area contributed by atoms with Gasteiger partial charge in [0.25, 0.3) is 5.91 Å². The number of carbonyl (C=O) groups is 1. The first kappa shape index (κ1) is 13.8. The van der Waals surface area contributed by atoms with E-state index in [0.717, 1.165) is 12.1 Å². The number of hydrazine groups is 1. The number of carbonyl (C=O) groups excluding carboxylic acids is 1. The summed E-state index contributed by atoms with van der Waals surface area (Å²) >= 11 is 0. The van der Waals surface area contributed by atoms with Gasteiger partial charge in [-0.15, -0.1) is 0 Å². The third kappa shape index (κ3) is 3.23. The van der Waals surface area contributed by atoms with Crippen LogP contribution in [0, 0.1) is 11.6 Å². The van der Waals surface area contributed by atoms with E-state index in [1.54, 1.807) is 0 Å². The van der Waals surface area contributed by atoms with Crippen LogP contribution in [0.2, 0.25) is 0 Å². The molecule has 0 aliphatic heterocycles. The molecule has 104 valence electrons. The van der Waals surface area contributed by atoms with Crippen molar-refractivity contribution in [2.75, 3.05) is 5.43 Å². The quantitative estimate of drug-likeness (QED) is 0.573. The Labute approximate surface area is 113 Å². The number of nitrogen functional groups attached to an aromatic ring is 1. The van der Waals surface area contributed by atoms with Crippen LogP contribution in [-0.4, -0.2) is 15.9 Å². The van der Waals surface area contributed by atoms with Crippen LogP contribution in [0.5, 0.6) is 0 Å². The highest BCUT2D eigenvalue weighted by atomic mass is 19.1. The van der Waals surface area contributed by atoms with E-state index in [4.69, 9.17) is 5.84 Å². The second-order valence-electron chi connectivity index (χ2n) is 3.85. The van der Waals surface area contributed by atoms with Crippen molar-refractivity contribution < 1.29 is 13.6 Å². The Morgan fingerprint density at radius 3 is 2.65 bits per heavy atom. The number of hydrogen-bond acceptors (Lipinski definition) is 5. The van der Waals surface area contributed by atoms with Gasteiger partial charge in [-0.05, 0) is 6.07 Å². The molecule has 0 saturated heterocycles. The smallest absolute Gasteiger partial charge is 0.271 e. The van der Waals surface area contributed by atoms with E-state index >= 15 is 0 Å². The summed E-state index contributed by atoms with van der Waals surface area (Å²) in [6.07, 6.45) is 2.51. The maximum absolute atomic E-state index is 13.4. The molecule has 1 aromatic carbocycles. The van der Waals surface area contributed by atoms with Gasteiger partial charge in [-0.25, -0.2) is 24.6 Å². The predicted molar refractivity (Wildman–Crippen MR) is 67.4 cm³/mol. The van der Waals surface area contributed by atoms with E-state index in [9.17, 15) is 13.6 Å². The lowest BCUT2D eigenvalue weighted by Crippen LogP contribution is -2.24. The molecule has 0 unspecified atom stereocenters. The molecule has 0 radical (unpaired) electrons. The first-order chi connectivity index (χ1) is 9.60. The number of rotatable bonds is 4. The maximum Gasteiger partial charge on any atom is 0.271 e. The maximum atomic E-state index is 13.4. The summed E-state index contributed by atoms with van der Waals surface area (Å²) in [4.78, 5) is 19.4. The van der Waals surface area contributed by atoms with Crippen molar-refractivity contribution in [3.05, 3.63) is 53.5 Å². The third-order valence-corrected chi connectivity index (χ3v) is 2.49. The fourth-order valence-corrected chi connectivity index (χ4v) is 1.45. The number of nitrogens with one attached hydrogen (secondary N) is 2. The minimum absolute atomic E-state index is 0.0616. The lowest BCUT2D eigenvalue weighted by Gasteiger charge is -2.06. The third-order valence-electron chi connectivity index (χ3n) is 2.49. The van der Waals surface area contributed by atoms with E-state index in [-0.39, 0.29) is 17.8 Å². The number of anilines is 1. The molecule has 0 atom stereocenters. The van der Waals surface area contributed by atoms with E-state index in [0.29, 0.717) is 5.82 Å². The van der Waals surface area contributed by atoms with E-state index in [1.807, 2.05) is 0 Å². The van der Waals surface area contributed by atoms with Gasteiger partial charge < -0.3 is 10.7 Å². The van der Waals surface area contributed by atoms with Crippen LogP contribution < -0.4 is 16.6 Å². The Morgan fingerprint density at radius 2 is 2.05 bits per heavy atom. The van der Waals surface area contributed by atoms with Crippen molar-refractivity contribution in [3.63, 3.8) is 0 Å². The van der Waals surface area contributed by atoms with Gasteiger partial charge in [0.15, 0.2) is 5.82 Å². The molecule has 0 aliphatic carbocycles. The Balaban J connectivity index is 2.00. The molecular weight excluding hydrogens is 268 g/mol. The summed E-state index contributed by atoms with van der Waals surface area (Å²) < 4.78 is 26.1. The van der Waals surface area contributed by atoms with Gasteiger partial charge in [0.05, 0.1) is 12.4 Å². The van der Waals surface area contributed by atoms with Crippen molar-refractivity contribution in [2.24, 2.45) is 5.84 Å². The number of halogens is 2. The fraction of sp³-hybridized carbons (Fsp3) is 0.0833. The normalized spacial score (nSPS) is 10.2. The monoisotopic (exact) mass is 279 g/mol. The SMILES string of the molecule is NNc1cnc(C(=O)NCc2ccc(F)cc2F)cn1. The molecule has 0 saturated carbocycles. The van der Waals surface area contributed by atoms with Gasteiger partial charge in [0.2, 0.25) is 0 Å². The zero-order valence-corrected chi connectivity index (χ0v) is 10.2. The number of nitrogens with two attached hydrogens (primary N) is 1. The molecule has 8 heteroatoms. The molecule has 0 aliphatic rings. The average molecular weight is 279 g/mol. The molecule has 2 rings (SSSR count). The minimum atomic E-state index is -0.723. The molecular formula is C12H11F2N5O. The fourth-order valence-electron chi connectivity index (χ4n) is 1.45. The molecule has 1 aromatic heterocycles.